The second-order valence-electron chi connectivity index (χ2n) is 7.33. The summed E-state index contributed by atoms with van der Waals surface area (Å²) in [5.74, 6) is -5.11. The number of allylic oxidation sites excluding steroid dienone is 1. The Hall–Kier alpha value is -2.57. The van der Waals surface area contributed by atoms with Crippen molar-refractivity contribution in [1.29, 1.82) is 0 Å². The van der Waals surface area contributed by atoms with Gasteiger partial charge in [0.2, 0.25) is 11.7 Å². The Balaban J connectivity index is 1.81. The van der Waals surface area contributed by atoms with Gasteiger partial charge in [0.15, 0.2) is 0 Å². The fourth-order valence-electron chi connectivity index (χ4n) is 3.48. The van der Waals surface area contributed by atoms with E-state index < -0.39 is 11.7 Å². The van der Waals surface area contributed by atoms with Crippen molar-refractivity contribution in [2.24, 2.45) is 0 Å². The Morgan fingerprint density at radius 2 is 1.87 bits per heavy atom. The lowest BCUT2D eigenvalue weighted by Gasteiger charge is -2.22. The predicted molar refractivity (Wildman–Crippen MR) is 109 cm³/mol. The fraction of sp³-hybridized carbons (Fsp3) is 0.522. The van der Waals surface area contributed by atoms with Crippen LogP contribution in [0.5, 0.6) is 0 Å². The zero-order chi connectivity index (χ0) is 22.0. The first-order valence-corrected chi connectivity index (χ1v) is 10.5. The Morgan fingerprint density at radius 1 is 1.17 bits per heavy atom. The molecule has 0 unspecified atom stereocenters. The normalized spacial score (nSPS) is 17.0. The molecule has 1 aliphatic heterocycles. The Bertz CT molecular complexity index is 749. The molecule has 0 aliphatic carbocycles. The van der Waals surface area contributed by atoms with Crippen molar-refractivity contribution < 1.29 is 27.9 Å². The Morgan fingerprint density at radius 3 is 2.57 bits per heavy atom. The van der Waals surface area contributed by atoms with Crippen LogP contribution in [0.2, 0.25) is 0 Å². The predicted octanol–water partition coefficient (Wildman–Crippen LogP) is 4.41. The number of hydrogen-bond donors (Lipinski definition) is 0. The van der Waals surface area contributed by atoms with Gasteiger partial charge in [0.05, 0.1) is 12.6 Å². The third kappa shape index (κ3) is 6.75. The number of hydrogen-bond acceptors (Lipinski definition) is 4. The zero-order valence-electron chi connectivity index (χ0n) is 17.3. The number of esters is 1. The van der Waals surface area contributed by atoms with Gasteiger partial charge >= 0.3 is 11.9 Å². The number of rotatable bonds is 12. The van der Waals surface area contributed by atoms with Crippen molar-refractivity contribution in [3.63, 3.8) is 0 Å². The van der Waals surface area contributed by atoms with Gasteiger partial charge in [0.25, 0.3) is 0 Å². The van der Waals surface area contributed by atoms with Crippen LogP contribution in [0.1, 0.15) is 57.4 Å². The number of ether oxygens (including phenoxy) is 1. The summed E-state index contributed by atoms with van der Waals surface area (Å²) in [6, 6.07) is 6.64. The van der Waals surface area contributed by atoms with Gasteiger partial charge in [-0.25, -0.2) is 0 Å². The van der Waals surface area contributed by atoms with Crippen LogP contribution in [0, 0.1) is 0 Å². The molecule has 1 saturated heterocycles. The van der Waals surface area contributed by atoms with E-state index in [-0.39, 0.29) is 23.5 Å². The Kier molecular flexibility index (Phi) is 9.15. The van der Waals surface area contributed by atoms with E-state index in [4.69, 9.17) is 4.74 Å². The van der Waals surface area contributed by atoms with Crippen molar-refractivity contribution in [3.05, 3.63) is 48.0 Å². The number of halogens is 2. The topological polar surface area (TPSA) is 63.7 Å². The summed E-state index contributed by atoms with van der Waals surface area (Å²) in [5.41, 5.74) is -0.346. The van der Waals surface area contributed by atoms with Gasteiger partial charge in [-0.1, -0.05) is 49.2 Å². The second kappa shape index (κ2) is 11.6. The van der Waals surface area contributed by atoms with Crippen LogP contribution >= 0.6 is 0 Å². The minimum Gasteiger partial charge on any atom is -0.466 e. The summed E-state index contributed by atoms with van der Waals surface area (Å²) in [6.07, 6.45) is 6.77. The molecule has 2 rings (SSSR count). The summed E-state index contributed by atoms with van der Waals surface area (Å²) in [5, 5.41) is 0. The Labute approximate surface area is 176 Å². The van der Waals surface area contributed by atoms with Gasteiger partial charge in [0.1, 0.15) is 0 Å². The van der Waals surface area contributed by atoms with Crippen LogP contribution in [0.15, 0.2) is 42.5 Å². The molecule has 0 aromatic heterocycles. The van der Waals surface area contributed by atoms with Crippen molar-refractivity contribution in [1.82, 2.24) is 4.90 Å². The molecule has 0 N–H and O–H groups in total. The first-order chi connectivity index (χ1) is 14.4. The molecule has 0 spiro atoms. The summed E-state index contributed by atoms with van der Waals surface area (Å²) in [7, 11) is 0. The minimum atomic E-state index is -3.59. The zero-order valence-corrected chi connectivity index (χ0v) is 17.3. The standard InChI is InChI=1S/C23H29F2NO4/c1-2-30-22(29)12-8-3-4-9-17-26-19(14-16-21(26)28)13-15-20(27)23(24,25)18-10-6-5-7-11-18/h5-7,10-11,13,15,19H,2-4,8-9,12,14,16-17H2,1H3/t19-/m0/s1. The molecule has 1 aromatic carbocycles. The first kappa shape index (κ1) is 23.7. The maximum Gasteiger partial charge on any atom is 0.334 e. The van der Waals surface area contributed by atoms with Gasteiger partial charge in [0, 0.05) is 24.9 Å². The van der Waals surface area contributed by atoms with E-state index in [0.717, 1.165) is 31.8 Å². The fourth-order valence-corrected chi connectivity index (χ4v) is 3.48. The van der Waals surface area contributed by atoms with Crippen LogP contribution in [0.25, 0.3) is 0 Å². The number of benzene rings is 1. The quantitative estimate of drug-likeness (QED) is 0.285. The average molecular weight is 421 g/mol. The van der Waals surface area contributed by atoms with Crippen LogP contribution < -0.4 is 0 Å². The molecule has 1 heterocycles. The second-order valence-corrected chi connectivity index (χ2v) is 7.33. The molecule has 1 fully saturated rings. The molecule has 0 radical (unpaired) electrons. The van der Waals surface area contributed by atoms with E-state index in [2.05, 4.69) is 0 Å². The molecule has 7 heteroatoms. The highest BCUT2D eigenvalue weighted by molar-refractivity contribution is 5.96. The highest BCUT2D eigenvalue weighted by Crippen LogP contribution is 2.30. The summed E-state index contributed by atoms with van der Waals surface area (Å²) >= 11 is 0. The lowest BCUT2D eigenvalue weighted by atomic mass is 10.0. The van der Waals surface area contributed by atoms with Gasteiger partial charge in [-0.3, -0.25) is 14.4 Å². The summed E-state index contributed by atoms with van der Waals surface area (Å²) < 4.78 is 33.5. The summed E-state index contributed by atoms with van der Waals surface area (Å²) in [6.45, 7) is 2.66. The third-order valence-corrected chi connectivity index (χ3v) is 5.13. The van der Waals surface area contributed by atoms with Crippen molar-refractivity contribution in [2.75, 3.05) is 13.2 Å². The largest absolute Gasteiger partial charge is 0.466 e. The molecule has 0 bridgehead atoms. The molecule has 1 atom stereocenters. The monoisotopic (exact) mass is 421 g/mol. The molecular weight excluding hydrogens is 392 g/mol. The molecule has 5 nitrogen and oxygen atoms in total. The van der Waals surface area contributed by atoms with Gasteiger partial charge in [-0.05, 0) is 32.3 Å². The lowest BCUT2D eigenvalue weighted by molar-refractivity contribution is -0.143. The van der Waals surface area contributed by atoms with Gasteiger partial charge in [-0.2, -0.15) is 8.78 Å². The van der Waals surface area contributed by atoms with E-state index in [0.29, 0.717) is 32.4 Å². The van der Waals surface area contributed by atoms with Gasteiger partial charge < -0.3 is 9.64 Å². The minimum absolute atomic E-state index is 0.0292. The number of amides is 1. The molecule has 164 valence electrons. The van der Waals surface area contributed by atoms with Gasteiger partial charge in [-0.15, -0.1) is 0 Å². The number of unbranched alkanes of at least 4 members (excludes halogenated alkanes) is 3. The maximum atomic E-state index is 14.3. The van der Waals surface area contributed by atoms with E-state index in [1.807, 2.05) is 0 Å². The van der Waals surface area contributed by atoms with Crippen molar-refractivity contribution in [2.45, 2.75) is 63.8 Å². The molecule has 1 amide bonds. The number of alkyl halides is 2. The molecular formula is C23H29F2NO4. The maximum absolute atomic E-state index is 14.3. The van der Waals surface area contributed by atoms with Crippen LogP contribution in [-0.4, -0.2) is 41.8 Å². The number of carbonyl (C=O) groups is 3. The third-order valence-electron chi connectivity index (χ3n) is 5.13. The highest BCUT2D eigenvalue weighted by atomic mass is 19.3. The SMILES string of the molecule is CCOC(=O)CCCCCCN1C(=O)CC[C@@H]1C=CC(=O)C(F)(F)c1ccccc1. The van der Waals surface area contributed by atoms with E-state index >= 15 is 0 Å². The number of carbonyl (C=O) groups excluding carboxylic acids is 3. The van der Waals surface area contributed by atoms with Crippen LogP contribution in [0.4, 0.5) is 8.78 Å². The van der Waals surface area contributed by atoms with E-state index in [9.17, 15) is 23.2 Å². The molecule has 1 aromatic rings. The molecule has 30 heavy (non-hydrogen) atoms. The number of likely N-dealkylation sites (tertiary alicyclic amines) is 1. The number of ketones is 1. The molecule has 0 saturated carbocycles. The molecule has 1 aliphatic rings. The van der Waals surface area contributed by atoms with Crippen LogP contribution in [0.3, 0.4) is 0 Å². The van der Waals surface area contributed by atoms with E-state index in [1.54, 1.807) is 17.9 Å². The first-order valence-electron chi connectivity index (χ1n) is 10.5. The highest BCUT2D eigenvalue weighted by Gasteiger charge is 2.39. The van der Waals surface area contributed by atoms with E-state index in [1.165, 1.54) is 30.3 Å². The smallest absolute Gasteiger partial charge is 0.334 e. The summed E-state index contributed by atoms with van der Waals surface area (Å²) in [4.78, 5) is 37.1. The average Bonchev–Trinajstić information content (AvgIpc) is 3.09. The number of nitrogens with zero attached hydrogens (tertiary/aromatic N) is 1. The lowest BCUT2D eigenvalue weighted by Crippen LogP contribution is -2.33. The van der Waals surface area contributed by atoms with Crippen LogP contribution in [-0.2, 0) is 25.0 Å². The van der Waals surface area contributed by atoms with Crippen molar-refractivity contribution in [3.8, 4) is 0 Å². The van der Waals surface area contributed by atoms with Crippen molar-refractivity contribution >= 4 is 17.7 Å².